The van der Waals surface area contributed by atoms with E-state index in [-0.39, 0.29) is 5.91 Å². The van der Waals surface area contributed by atoms with Crippen LogP contribution in [0.2, 0.25) is 0 Å². The van der Waals surface area contributed by atoms with Crippen molar-refractivity contribution in [1.82, 2.24) is 14.9 Å². The molecule has 0 N–H and O–H groups in total. The molecule has 0 radical (unpaired) electrons. The number of rotatable bonds is 3. The fourth-order valence-corrected chi connectivity index (χ4v) is 3.23. The second-order valence-electron chi connectivity index (χ2n) is 5.10. The van der Waals surface area contributed by atoms with E-state index in [0.29, 0.717) is 25.4 Å². The van der Waals surface area contributed by atoms with E-state index in [4.69, 9.17) is 4.74 Å². The van der Waals surface area contributed by atoms with Crippen LogP contribution < -0.4 is 0 Å². The summed E-state index contributed by atoms with van der Waals surface area (Å²) in [6.07, 6.45) is 4.54. The number of aryl methyl sites for hydroxylation is 1. The number of hydrogen-bond donors (Lipinski definition) is 0. The molecule has 2 aromatic heterocycles. The smallest absolute Gasteiger partial charge is 0.273 e. The molecule has 0 aliphatic carbocycles. The fourth-order valence-electron chi connectivity index (χ4n) is 2.64. The number of fused-ring (bicyclic) bond motifs is 1. The molecule has 6 heteroatoms. The Hall–Kier alpha value is -1.79. The third-order valence-corrected chi connectivity index (χ3v) is 4.43. The zero-order valence-corrected chi connectivity index (χ0v) is 12.9. The number of thiazole rings is 1. The first-order valence-corrected chi connectivity index (χ1v) is 7.72. The highest BCUT2D eigenvalue weighted by Gasteiger charge is 2.24. The van der Waals surface area contributed by atoms with Gasteiger partial charge in [-0.3, -0.25) is 9.78 Å². The summed E-state index contributed by atoms with van der Waals surface area (Å²) in [5, 5.41) is 2.74. The van der Waals surface area contributed by atoms with Gasteiger partial charge in [-0.15, -0.1) is 11.3 Å². The molecule has 21 heavy (non-hydrogen) atoms. The van der Waals surface area contributed by atoms with Crippen molar-refractivity contribution < 1.29 is 9.53 Å². The van der Waals surface area contributed by atoms with E-state index in [1.807, 2.05) is 29.6 Å². The van der Waals surface area contributed by atoms with Crippen molar-refractivity contribution in [2.24, 2.45) is 0 Å². The third kappa shape index (κ3) is 2.82. The van der Waals surface area contributed by atoms with Crippen molar-refractivity contribution in [3.8, 4) is 0 Å². The number of carbonyl (C=O) groups excluding carboxylic acids is 1. The van der Waals surface area contributed by atoms with Crippen LogP contribution in [0.5, 0.6) is 0 Å². The molecule has 2 aromatic rings. The monoisotopic (exact) mass is 303 g/mol. The van der Waals surface area contributed by atoms with Gasteiger partial charge in [0.25, 0.3) is 5.91 Å². The molecule has 110 valence electrons. The normalized spacial score (nSPS) is 14.1. The Morgan fingerprint density at radius 3 is 3.05 bits per heavy atom. The molecule has 0 unspecified atom stereocenters. The van der Waals surface area contributed by atoms with E-state index in [0.717, 1.165) is 22.6 Å². The van der Waals surface area contributed by atoms with E-state index in [9.17, 15) is 4.79 Å². The van der Waals surface area contributed by atoms with Gasteiger partial charge in [0.05, 0.1) is 11.6 Å². The van der Waals surface area contributed by atoms with Gasteiger partial charge in [0.1, 0.15) is 5.69 Å². The zero-order valence-electron chi connectivity index (χ0n) is 12.1. The lowest BCUT2D eigenvalue weighted by Gasteiger charge is -2.29. The average molecular weight is 303 g/mol. The standard InChI is InChI=1S/C15H17N3O2S/c1-10-17-14(9-21-10)15(19)18-4-3-13-11(7-18)5-16-6-12(13)8-20-2/h5-6,9H,3-4,7-8H2,1-2H3. The van der Waals surface area contributed by atoms with Crippen LogP contribution in [0.3, 0.4) is 0 Å². The molecule has 0 saturated heterocycles. The van der Waals surface area contributed by atoms with Crippen molar-refractivity contribution in [3.63, 3.8) is 0 Å². The average Bonchev–Trinajstić information content (AvgIpc) is 2.93. The van der Waals surface area contributed by atoms with Gasteiger partial charge in [0.2, 0.25) is 0 Å². The van der Waals surface area contributed by atoms with Crippen LogP contribution in [0.15, 0.2) is 17.8 Å². The largest absolute Gasteiger partial charge is 0.380 e. The highest BCUT2D eigenvalue weighted by molar-refractivity contribution is 7.09. The Morgan fingerprint density at radius 1 is 1.48 bits per heavy atom. The van der Waals surface area contributed by atoms with Crippen LogP contribution in [0.4, 0.5) is 0 Å². The summed E-state index contributed by atoms with van der Waals surface area (Å²) in [4.78, 5) is 22.8. The van der Waals surface area contributed by atoms with E-state index in [2.05, 4.69) is 9.97 Å². The molecule has 0 bridgehead atoms. The van der Waals surface area contributed by atoms with Crippen LogP contribution in [-0.2, 0) is 24.3 Å². The lowest BCUT2D eigenvalue weighted by Crippen LogP contribution is -2.36. The number of amides is 1. The second-order valence-corrected chi connectivity index (χ2v) is 6.16. The number of nitrogens with zero attached hydrogens (tertiary/aromatic N) is 3. The number of aromatic nitrogens is 2. The topological polar surface area (TPSA) is 55.3 Å². The van der Waals surface area contributed by atoms with Crippen LogP contribution >= 0.6 is 11.3 Å². The molecule has 0 atom stereocenters. The maximum Gasteiger partial charge on any atom is 0.273 e. The predicted molar refractivity (Wildman–Crippen MR) is 80.2 cm³/mol. The molecule has 0 spiro atoms. The Morgan fingerprint density at radius 2 is 2.33 bits per heavy atom. The lowest BCUT2D eigenvalue weighted by molar-refractivity contribution is 0.0728. The second kappa shape index (κ2) is 5.91. The molecule has 0 fully saturated rings. The maximum atomic E-state index is 12.5. The van der Waals surface area contributed by atoms with Crippen molar-refractivity contribution in [3.05, 3.63) is 45.2 Å². The van der Waals surface area contributed by atoms with E-state index in [1.165, 1.54) is 16.9 Å². The van der Waals surface area contributed by atoms with Crippen LogP contribution in [0.1, 0.15) is 32.2 Å². The summed E-state index contributed by atoms with van der Waals surface area (Å²) >= 11 is 1.50. The minimum absolute atomic E-state index is 0.00199. The van der Waals surface area contributed by atoms with Crippen molar-refractivity contribution in [2.75, 3.05) is 13.7 Å². The first-order chi connectivity index (χ1) is 10.2. The fraction of sp³-hybridized carbons (Fsp3) is 0.400. The van der Waals surface area contributed by atoms with Crippen molar-refractivity contribution in [1.29, 1.82) is 0 Å². The zero-order chi connectivity index (χ0) is 14.8. The Balaban J connectivity index is 1.81. The Labute approximate surface area is 127 Å². The molecule has 1 aliphatic rings. The van der Waals surface area contributed by atoms with Crippen LogP contribution in [-0.4, -0.2) is 34.4 Å². The SMILES string of the molecule is COCc1cncc2c1CCN(C(=O)c1csc(C)n1)C2. The van der Waals surface area contributed by atoms with Gasteiger partial charge < -0.3 is 9.64 Å². The van der Waals surface area contributed by atoms with E-state index in [1.54, 1.807) is 7.11 Å². The quantitative estimate of drug-likeness (QED) is 0.872. The van der Waals surface area contributed by atoms with Crippen molar-refractivity contribution in [2.45, 2.75) is 26.5 Å². The number of carbonyl (C=O) groups is 1. The maximum absolute atomic E-state index is 12.5. The summed E-state index contributed by atoms with van der Waals surface area (Å²) < 4.78 is 5.21. The van der Waals surface area contributed by atoms with Crippen LogP contribution in [0.25, 0.3) is 0 Å². The summed E-state index contributed by atoms with van der Waals surface area (Å²) in [6, 6.07) is 0. The highest BCUT2D eigenvalue weighted by Crippen LogP contribution is 2.23. The molecular formula is C15H17N3O2S. The molecule has 1 aliphatic heterocycles. The molecular weight excluding hydrogens is 286 g/mol. The minimum Gasteiger partial charge on any atom is -0.380 e. The minimum atomic E-state index is 0.00199. The molecule has 5 nitrogen and oxygen atoms in total. The Bertz CT molecular complexity index is 669. The van der Waals surface area contributed by atoms with Gasteiger partial charge in [0, 0.05) is 38.0 Å². The van der Waals surface area contributed by atoms with Gasteiger partial charge in [-0.2, -0.15) is 0 Å². The van der Waals surface area contributed by atoms with Gasteiger partial charge >= 0.3 is 0 Å². The number of methoxy groups -OCH3 is 1. The van der Waals surface area contributed by atoms with E-state index < -0.39 is 0 Å². The van der Waals surface area contributed by atoms with Gasteiger partial charge in [0.15, 0.2) is 0 Å². The summed E-state index contributed by atoms with van der Waals surface area (Å²) in [7, 11) is 1.68. The van der Waals surface area contributed by atoms with Gasteiger partial charge in [-0.1, -0.05) is 0 Å². The molecule has 0 saturated carbocycles. The van der Waals surface area contributed by atoms with Gasteiger partial charge in [-0.05, 0) is 30.0 Å². The van der Waals surface area contributed by atoms with Gasteiger partial charge in [-0.25, -0.2) is 4.98 Å². The third-order valence-electron chi connectivity index (χ3n) is 3.65. The molecule has 0 aromatic carbocycles. The summed E-state index contributed by atoms with van der Waals surface area (Å²) in [6.45, 7) is 3.78. The van der Waals surface area contributed by atoms with Crippen LogP contribution in [0, 0.1) is 6.92 Å². The van der Waals surface area contributed by atoms with E-state index >= 15 is 0 Å². The number of ether oxygens (including phenoxy) is 1. The first-order valence-electron chi connectivity index (χ1n) is 6.84. The molecule has 1 amide bonds. The molecule has 3 heterocycles. The number of pyridine rings is 1. The lowest BCUT2D eigenvalue weighted by atomic mass is 9.97. The Kier molecular flexibility index (Phi) is 3.98. The summed E-state index contributed by atoms with van der Waals surface area (Å²) in [5.41, 5.74) is 4.04. The number of hydrogen-bond acceptors (Lipinski definition) is 5. The highest BCUT2D eigenvalue weighted by atomic mass is 32.1. The van der Waals surface area contributed by atoms with Crippen molar-refractivity contribution >= 4 is 17.2 Å². The predicted octanol–water partition coefficient (Wildman–Crippen LogP) is 2.19. The summed E-state index contributed by atoms with van der Waals surface area (Å²) in [5.74, 6) is 0.00199. The molecule has 3 rings (SSSR count). The first kappa shape index (κ1) is 14.2.